The summed E-state index contributed by atoms with van der Waals surface area (Å²) >= 11 is 0. The van der Waals surface area contributed by atoms with Crippen LogP contribution in [0.2, 0.25) is 0 Å². The van der Waals surface area contributed by atoms with Crippen LogP contribution in [-0.2, 0) is 10.0 Å². The predicted octanol–water partition coefficient (Wildman–Crippen LogP) is 1.69. The minimum Gasteiger partial charge on any atom is -0.397 e. The number of nitrogens with two attached hydrogens (primary N) is 2. The highest BCUT2D eigenvalue weighted by atomic mass is 32.2. The lowest BCUT2D eigenvalue weighted by molar-refractivity contribution is -0.179. The number of nitrogens with zero attached hydrogens (tertiary/aromatic N) is 1. The lowest BCUT2D eigenvalue weighted by Crippen LogP contribution is -2.39. The van der Waals surface area contributed by atoms with Gasteiger partial charge >= 0.3 is 6.18 Å². The van der Waals surface area contributed by atoms with Gasteiger partial charge < -0.3 is 10.6 Å². The molecule has 0 aromatic heterocycles. The number of halogens is 3. The molecular weight excluding hydrogens is 307 g/mol. The number of benzene rings is 1. The Hall–Kier alpha value is -1.48. The maximum Gasteiger partial charge on any atom is 0.391 e. The molecule has 1 aromatic carbocycles. The standard InChI is InChI=1S/C12H16F3N3O2S/c13-12(14,15)8-3-5-18(6-4-8)11-2-1-9(7-10(11)16)21(17,19)20/h1-2,7-8H,3-6,16H2,(H2,17,19,20). The van der Waals surface area contributed by atoms with E-state index < -0.39 is 22.1 Å². The summed E-state index contributed by atoms with van der Waals surface area (Å²) in [5.74, 6) is -1.29. The van der Waals surface area contributed by atoms with Gasteiger partial charge in [-0.1, -0.05) is 0 Å². The highest BCUT2D eigenvalue weighted by Gasteiger charge is 2.41. The highest BCUT2D eigenvalue weighted by molar-refractivity contribution is 7.89. The second-order valence-electron chi connectivity index (χ2n) is 5.07. The molecule has 0 spiro atoms. The molecule has 0 radical (unpaired) electrons. The highest BCUT2D eigenvalue weighted by Crippen LogP contribution is 2.36. The molecule has 1 aliphatic heterocycles. The van der Waals surface area contributed by atoms with Crippen LogP contribution in [0.3, 0.4) is 0 Å². The van der Waals surface area contributed by atoms with Crippen LogP contribution < -0.4 is 15.8 Å². The quantitative estimate of drug-likeness (QED) is 0.811. The van der Waals surface area contributed by atoms with Crippen LogP contribution in [0.1, 0.15) is 12.8 Å². The van der Waals surface area contributed by atoms with Crippen molar-refractivity contribution in [1.29, 1.82) is 0 Å². The summed E-state index contributed by atoms with van der Waals surface area (Å²) < 4.78 is 60.3. The van der Waals surface area contributed by atoms with Gasteiger partial charge in [0.25, 0.3) is 0 Å². The van der Waals surface area contributed by atoms with Crippen molar-refractivity contribution in [2.45, 2.75) is 23.9 Å². The van der Waals surface area contributed by atoms with Gasteiger partial charge in [-0.25, -0.2) is 13.6 Å². The number of anilines is 2. The van der Waals surface area contributed by atoms with Crippen LogP contribution in [0.4, 0.5) is 24.5 Å². The number of hydrogen-bond donors (Lipinski definition) is 2. The Morgan fingerprint density at radius 2 is 1.76 bits per heavy atom. The Labute approximate surface area is 120 Å². The van der Waals surface area contributed by atoms with Crippen molar-refractivity contribution in [2.75, 3.05) is 23.7 Å². The summed E-state index contributed by atoms with van der Waals surface area (Å²) in [5, 5.41) is 5.00. The summed E-state index contributed by atoms with van der Waals surface area (Å²) in [5.41, 5.74) is 6.50. The summed E-state index contributed by atoms with van der Waals surface area (Å²) in [7, 11) is -3.85. The van der Waals surface area contributed by atoms with Gasteiger partial charge in [0.1, 0.15) is 0 Å². The van der Waals surface area contributed by atoms with Gasteiger partial charge in [0, 0.05) is 13.1 Å². The van der Waals surface area contributed by atoms with E-state index in [2.05, 4.69) is 0 Å². The topological polar surface area (TPSA) is 89.4 Å². The van der Waals surface area contributed by atoms with Gasteiger partial charge in [-0.15, -0.1) is 0 Å². The third-order valence-corrected chi connectivity index (χ3v) is 4.54. The third-order valence-electron chi connectivity index (χ3n) is 3.63. The van der Waals surface area contributed by atoms with E-state index in [1.807, 2.05) is 0 Å². The largest absolute Gasteiger partial charge is 0.397 e. The Kier molecular flexibility index (Phi) is 4.07. The van der Waals surface area contributed by atoms with E-state index in [0.717, 1.165) is 0 Å². The first-order chi connectivity index (χ1) is 9.59. The van der Waals surface area contributed by atoms with Crippen molar-refractivity contribution in [1.82, 2.24) is 0 Å². The van der Waals surface area contributed by atoms with Crippen LogP contribution in [-0.4, -0.2) is 27.7 Å². The maximum atomic E-state index is 12.6. The Morgan fingerprint density at radius 3 is 2.19 bits per heavy atom. The number of hydrogen-bond acceptors (Lipinski definition) is 4. The van der Waals surface area contributed by atoms with Crippen LogP contribution in [0, 0.1) is 5.92 Å². The number of sulfonamides is 1. The average Bonchev–Trinajstić information content (AvgIpc) is 2.36. The smallest absolute Gasteiger partial charge is 0.391 e. The maximum absolute atomic E-state index is 12.6. The van der Waals surface area contributed by atoms with Crippen molar-refractivity contribution in [2.24, 2.45) is 11.1 Å². The molecule has 1 heterocycles. The molecule has 0 saturated carbocycles. The van der Waals surface area contributed by atoms with Gasteiger partial charge in [-0.3, -0.25) is 0 Å². The Balaban J connectivity index is 2.15. The molecule has 1 aliphatic rings. The first kappa shape index (κ1) is 15.9. The fraction of sp³-hybridized carbons (Fsp3) is 0.500. The fourth-order valence-corrected chi connectivity index (χ4v) is 2.99. The van der Waals surface area contributed by atoms with Crippen LogP contribution in [0.5, 0.6) is 0 Å². The van der Waals surface area contributed by atoms with Crippen molar-refractivity contribution in [3.63, 3.8) is 0 Å². The Morgan fingerprint density at radius 1 is 1.19 bits per heavy atom. The molecule has 1 aromatic rings. The number of rotatable bonds is 2. The van der Waals surface area contributed by atoms with Gasteiger partial charge in [-0.05, 0) is 31.0 Å². The molecule has 118 valence electrons. The third kappa shape index (κ3) is 3.59. The molecular formula is C12H16F3N3O2S. The predicted molar refractivity (Wildman–Crippen MR) is 73.2 cm³/mol. The minimum atomic E-state index is -4.17. The molecule has 0 atom stereocenters. The number of nitrogen functional groups attached to an aromatic ring is 1. The summed E-state index contributed by atoms with van der Waals surface area (Å²) in [6.45, 7) is 0.451. The molecule has 0 amide bonds. The molecule has 4 N–H and O–H groups in total. The van der Waals surface area contributed by atoms with E-state index in [9.17, 15) is 21.6 Å². The molecule has 1 saturated heterocycles. The second kappa shape index (κ2) is 5.38. The first-order valence-electron chi connectivity index (χ1n) is 6.33. The van der Waals surface area contributed by atoms with Crippen molar-refractivity contribution in [3.8, 4) is 0 Å². The Bertz CT molecular complexity index is 623. The summed E-state index contributed by atoms with van der Waals surface area (Å²) in [4.78, 5) is 1.61. The molecule has 2 rings (SSSR count). The van der Waals surface area contributed by atoms with E-state index in [1.165, 1.54) is 18.2 Å². The zero-order valence-corrected chi connectivity index (χ0v) is 11.9. The average molecular weight is 323 g/mol. The molecule has 0 aliphatic carbocycles. The minimum absolute atomic E-state index is 0.000120. The SMILES string of the molecule is Nc1cc(S(N)(=O)=O)ccc1N1CCC(C(F)(F)F)CC1. The molecule has 0 bridgehead atoms. The zero-order chi connectivity index (χ0) is 15.8. The van der Waals surface area contributed by atoms with Gasteiger partial charge in [-0.2, -0.15) is 13.2 Å². The van der Waals surface area contributed by atoms with Crippen molar-refractivity contribution >= 4 is 21.4 Å². The van der Waals surface area contributed by atoms with Crippen LogP contribution >= 0.6 is 0 Å². The number of alkyl halides is 3. The zero-order valence-electron chi connectivity index (χ0n) is 11.1. The van der Waals surface area contributed by atoms with Crippen LogP contribution in [0.15, 0.2) is 23.1 Å². The van der Waals surface area contributed by atoms with E-state index in [1.54, 1.807) is 4.90 Å². The first-order valence-corrected chi connectivity index (χ1v) is 7.87. The van der Waals surface area contributed by atoms with E-state index in [-0.39, 0.29) is 36.5 Å². The fourth-order valence-electron chi connectivity index (χ4n) is 2.45. The van der Waals surface area contributed by atoms with E-state index in [0.29, 0.717) is 5.69 Å². The second-order valence-corrected chi connectivity index (χ2v) is 6.63. The lowest BCUT2D eigenvalue weighted by atomic mass is 9.96. The normalized spacial score (nSPS) is 18.0. The summed E-state index contributed by atoms with van der Waals surface area (Å²) in [6.07, 6.45) is -4.17. The molecule has 1 fully saturated rings. The lowest BCUT2D eigenvalue weighted by Gasteiger charge is -2.35. The molecule has 5 nitrogen and oxygen atoms in total. The van der Waals surface area contributed by atoms with Gasteiger partial charge in [0.05, 0.1) is 22.2 Å². The number of piperidine rings is 1. The van der Waals surface area contributed by atoms with Crippen LogP contribution in [0.25, 0.3) is 0 Å². The molecule has 0 unspecified atom stereocenters. The van der Waals surface area contributed by atoms with Crippen molar-refractivity contribution in [3.05, 3.63) is 18.2 Å². The monoisotopic (exact) mass is 323 g/mol. The molecule has 21 heavy (non-hydrogen) atoms. The number of primary sulfonamides is 1. The molecule has 9 heteroatoms. The van der Waals surface area contributed by atoms with Gasteiger partial charge in [0.15, 0.2) is 0 Å². The van der Waals surface area contributed by atoms with E-state index in [4.69, 9.17) is 10.9 Å². The van der Waals surface area contributed by atoms with Crippen molar-refractivity contribution < 1.29 is 21.6 Å². The summed E-state index contributed by atoms with van der Waals surface area (Å²) in [6, 6.07) is 4.00. The van der Waals surface area contributed by atoms with Gasteiger partial charge in [0.2, 0.25) is 10.0 Å². The van der Waals surface area contributed by atoms with E-state index >= 15 is 0 Å².